The van der Waals surface area contributed by atoms with Gasteiger partial charge in [-0.15, -0.1) is 0 Å². The second-order valence-electron chi connectivity index (χ2n) is 8.89. The van der Waals surface area contributed by atoms with Crippen LogP contribution >= 0.6 is 0 Å². The van der Waals surface area contributed by atoms with Crippen LogP contribution in [0.3, 0.4) is 0 Å². The molecule has 5 rings (SSSR count). The van der Waals surface area contributed by atoms with Gasteiger partial charge in [0.05, 0.1) is 18.9 Å². The van der Waals surface area contributed by atoms with Gasteiger partial charge in [-0.1, -0.05) is 60.2 Å². The van der Waals surface area contributed by atoms with Gasteiger partial charge in [0.25, 0.3) is 0 Å². The second-order valence-corrected chi connectivity index (χ2v) is 8.89. The summed E-state index contributed by atoms with van der Waals surface area (Å²) < 4.78 is 5.45. The number of ether oxygens (including phenoxy) is 1. The number of benzene rings is 2. The van der Waals surface area contributed by atoms with Gasteiger partial charge in [0.15, 0.2) is 5.82 Å². The highest BCUT2D eigenvalue weighted by atomic mass is 16.5. The van der Waals surface area contributed by atoms with E-state index in [-0.39, 0.29) is 0 Å². The van der Waals surface area contributed by atoms with Gasteiger partial charge in [-0.25, -0.2) is 9.97 Å². The first-order valence-corrected chi connectivity index (χ1v) is 12.3. The first-order valence-electron chi connectivity index (χ1n) is 12.3. The van der Waals surface area contributed by atoms with Gasteiger partial charge >= 0.3 is 0 Å². The molecule has 0 aliphatic carbocycles. The third-order valence-corrected chi connectivity index (χ3v) is 6.24. The fourth-order valence-electron chi connectivity index (χ4n) is 4.23. The molecule has 1 saturated heterocycles. The predicted octanol–water partition coefficient (Wildman–Crippen LogP) is 5.32. The van der Waals surface area contributed by atoms with E-state index in [0.29, 0.717) is 5.82 Å². The molecule has 0 unspecified atom stereocenters. The largest absolute Gasteiger partial charge is 0.379 e. The summed E-state index contributed by atoms with van der Waals surface area (Å²) in [5, 5.41) is 3.53. The van der Waals surface area contributed by atoms with Crippen LogP contribution in [0.2, 0.25) is 0 Å². The highest BCUT2D eigenvalue weighted by molar-refractivity contribution is 5.72. The molecule has 3 heterocycles. The van der Waals surface area contributed by atoms with E-state index in [1.807, 2.05) is 48.8 Å². The van der Waals surface area contributed by atoms with Crippen LogP contribution in [-0.4, -0.2) is 59.2 Å². The van der Waals surface area contributed by atoms with E-state index in [2.05, 4.69) is 52.5 Å². The molecular formula is C29H31N5O. The number of pyridine rings is 1. The molecule has 1 aliphatic heterocycles. The molecule has 1 N–H and O–H groups in total. The molecule has 0 radical (unpaired) electrons. The van der Waals surface area contributed by atoms with Crippen molar-refractivity contribution in [2.75, 3.05) is 44.7 Å². The smallest absolute Gasteiger partial charge is 0.162 e. The Kier molecular flexibility index (Phi) is 7.41. The van der Waals surface area contributed by atoms with Crippen molar-refractivity contribution in [1.29, 1.82) is 0 Å². The number of aryl methyl sites for hydroxylation is 1. The average molecular weight is 466 g/mol. The Morgan fingerprint density at radius 1 is 0.829 bits per heavy atom. The first kappa shape index (κ1) is 23.1. The van der Waals surface area contributed by atoms with Crippen molar-refractivity contribution in [3.05, 3.63) is 84.7 Å². The molecule has 2 aromatic carbocycles. The number of morpholine rings is 1. The molecule has 0 saturated carbocycles. The summed E-state index contributed by atoms with van der Waals surface area (Å²) >= 11 is 0. The zero-order chi connectivity index (χ0) is 23.9. The van der Waals surface area contributed by atoms with Crippen LogP contribution in [0, 0.1) is 6.92 Å². The van der Waals surface area contributed by atoms with Crippen molar-refractivity contribution >= 4 is 5.82 Å². The number of rotatable bonds is 8. The second kappa shape index (κ2) is 11.2. The monoisotopic (exact) mass is 465 g/mol. The summed E-state index contributed by atoms with van der Waals surface area (Å²) in [4.78, 5) is 16.7. The Morgan fingerprint density at radius 3 is 2.40 bits per heavy atom. The number of anilines is 1. The van der Waals surface area contributed by atoms with E-state index in [0.717, 1.165) is 79.6 Å². The number of nitrogens with zero attached hydrogens (tertiary/aromatic N) is 4. The van der Waals surface area contributed by atoms with Gasteiger partial charge in [0.2, 0.25) is 0 Å². The number of hydrogen-bond donors (Lipinski definition) is 1. The molecule has 4 aromatic rings. The zero-order valence-corrected chi connectivity index (χ0v) is 20.2. The van der Waals surface area contributed by atoms with Gasteiger partial charge in [0.1, 0.15) is 5.82 Å². The summed E-state index contributed by atoms with van der Waals surface area (Å²) in [5.41, 5.74) is 6.28. The van der Waals surface area contributed by atoms with E-state index in [9.17, 15) is 0 Å². The summed E-state index contributed by atoms with van der Waals surface area (Å²) in [6.07, 6.45) is 4.82. The Bertz CT molecular complexity index is 1240. The minimum atomic E-state index is 0.708. The van der Waals surface area contributed by atoms with Gasteiger partial charge in [-0.2, -0.15) is 0 Å². The Hall–Kier alpha value is -3.61. The van der Waals surface area contributed by atoms with Crippen molar-refractivity contribution in [3.8, 4) is 33.8 Å². The predicted molar refractivity (Wildman–Crippen MR) is 141 cm³/mol. The summed E-state index contributed by atoms with van der Waals surface area (Å²) in [6.45, 7) is 7.70. The average Bonchev–Trinajstić information content (AvgIpc) is 2.92. The maximum Gasteiger partial charge on any atom is 0.162 e. The Morgan fingerprint density at radius 2 is 1.60 bits per heavy atom. The minimum absolute atomic E-state index is 0.708. The molecule has 0 spiro atoms. The van der Waals surface area contributed by atoms with E-state index < -0.39 is 0 Å². The topological polar surface area (TPSA) is 63.2 Å². The van der Waals surface area contributed by atoms with Crippen LogP contribution in [0.4, 0.5) is 5.82 Å². The lowest BCUT2D eigenvalue weighted by Crippen LogP contribution is -2.37. The van der Waals surface area contributed by atoms with Crippen molar-refractivity contribution in [1.82, 2.24) is 19.9 Å². The van der Waals surface area contributed by atoms with Crippen LogP contribution in [0.5, 0.6) is 0 Å². The van der Waals surface area contributed by atoms with E-state index in [1.54, 1.807) is 0 Å². The first-order chi connectivity index (χ1) is 17.2. The minimum Gasteiger partial charge on any atom is -0.379 e. The molecule has 0 bridgehead atoms. The molecule has 0 amide bonds. The highest BCUT2D eigenvalue weighted by Gasteiger charge is 2.12. The van der Waals surface area contributed by atoms with E-state index >= 15 is 0 Å². The Balaban J connectivity index is 1.39. The van der Waals surface area contributed by atoms with Gasteiger partial charge in [0, 0.05) is 54.8 Å². The van der Waals surface area contributed by atoms with Gasteiger partial charge in [-0.3, -0.25) is 9.88 Å². The molecule has 6 nitrogen and oxygen atoms in total. The van der Waals surface area contributed by atoms with Crippen molar-refractivity contribution < 1.29 is 4.74 Å². The summed E-state index contributed by atoms with van der Waals surface area (Å²) in [7, 11) is 0. The third kappa shape index (κ3) is 6.10. The highest BCUT2D eigenvalue weighted by Crippen LogP contribution is 2.28. The van der Waals surface area contributed by atoms with Crippen molar-refractivity contribution in [2.24, 2.45) is 0 Å². The maximum atomic E-state index is 5.45. The number of hydrogen-bond acceptors (Lipinski definition) is 6. The SMILES string of the molecule is Cc1ccc(-c2cncc(-c3cc(NCCCN4CCOCC4)nc(-c4ccccc4)n3)c2)cc1. The van der Waals surface area contributed by atoms with E-state index in [1.165, 1.54) is 5.56 Å². The van der Waals surface area contributed by atoms with Crippen molar-refractivity contribution in [3.63, 3.8) is 0 Å². The molecule has 178 valence electrons. The molecule has 1 fully saturated rings. The number of nitrogens with one attached hydrogen (secondary N) is 1. The lowest BCUT2D eigenvalue weighted by molar-refractivity contribution is 0.0378. The van der Waals surface area contributed by atoms with Crippen LogP contribution < -0.4 is 5.32 Å². The molecule has 0 atom stereocenters. The molecular weight excluding hydrogens is 434 g/mol. The molecule has 6 heteroatoms. The van der Waals surface area contributed by atoms with Gasteiger partial charge < -0.3 is 10.1 Å². The molecule has 1 aliphatic rings. The fraction of sp³-hybridized carbons (Fsp3) is 0.276. The normalized spacial score (nSPS) is 14.1. The Labute approximate surface area is 207 Å². The quantitative estimate of drug-likeness (QED) is 0.356. The van der Waals surface area contributed by atoms with Crippen molar-refractivity contribution in [2.45, 2.75) is 13.3 Å². The van der Waals surface area contributed by atoms with Crippen LogP contribution in [0.1, 0.15) is 12.0 Å². The number of aromatic nitrogens is 3. The van der Waals surface area contributed by atoms with Gasteiger partial charge in [-0.05, 0) is 31.5 Å². The fourth-order valence-corrected chi connectivity index (χ4v) is 4.23. The molecule has 2 aromatic heterocycles. The van der Waals surface area contributed by atoms with E-state index in [4.69, 9.17) is 14.7 Å². The third-order valence-electron chi connectivity index (χ3n) is 6.24. The van der Waals surface area contributed by atoms with Crippen LogP contribution in [0.15, 0.2) is 79.1 Å². The van der Waals surface area contributed by atoms with Crippen LogP contribution in [0.25, 0.3) is 33.8 Å². The summed E-state index contributed by atoms with van der Waals surface area (Å²) in [5.74, 6) is 1.54. The lowest BCUT2D eigenvalue weighted by Gasteiger charge is -2.26. The summed E-state index contributed by atoms with van der Waals surface area (Å²) in [6, 6.07) is 22.8. The molecule has 35 heavy (non-hydrogen) atoms. The maximum absolute atomic E-state index is 5.45. The lowest BCUT2D eigenvalue weighted by atomic mass is 10.0. The zero-order valence-electron chi connectivity index (χ0n) is 20.2. The van der Waals surface area contributed by atoms with Crippen LogP contribution in [-0.2, 0) is 4.74 Å². The standard InChI is InChI=1S/C29H31N5O/c1-22-8-10-23(11-9-22)25-18-26(21-30-20-25)27-19-28(31-12-5-13-34-14-16-35-17-15-34)33-29(32-27)24-6-3-2-4-7-24/h2-4,6-11,18-21H,5,12-17H2,1H3,(H,31,32,33).